The second kappa shape index (κ2) is 6.71. The van der Waals surface area contributed by atoms with Gasteiger partial charge in [-0.25, -0.2) is 4.98 Å². The maximum absolute atomic E-state index is 12.8. The van der Waals surface area contributed by atoms with Crippen LogP contribution in [0.15, 0.2) is 54.9 Å². The van der Waals surface area contributed by atoms with Crippen LogP contribution in [-0.2, 0) is 17.8 Å². The van der Waals surface area contributed by atoms with Gasteiger partial charge in [-0.1, -0.05) is 36.4 Å². The van der Waals surface area contributed by atoms with Crippen LogP contribution in [0, 0.1) is 0 Å². The Morgan fingerprint density at radius 3 is 2.92 bits per heavy atom. The van der Waals surface area contributed by atoms with Gasteiger partial charge in [0.15, 0.2) is 0 Å². The number of hydrogen-bond donors (Lipinski definition) is 0. The molecule has 128 valence electrons. The molecule has 0 N–H and O–H groups in total. The number of carbonyl (C=O) groups is 1. The molecule has 0 unspecified atom stereocenters. The smallest absolute Gasteiger partial charge is 0.224 e. The molecule has 25 heavy (non-hydrogen) atoms. The third-order valence-electron chi connectivity index (χ3n) is 5.29. The summed E-state index contributed by atoms with van der Waals surface area (Å²) in [6.07, 6.45) is 5.64. The van der Waals surface area contributed by atoms with E-state index in [1.54, 1.807) is 0 Å². The van der Waals surface area contributed by atoms with Crippen LogP contribution in [0.4, 0.5) is 0 Å². The fraction of sp³-hybridized carbons (Fsp3) is 0.333. The highest BCUT2D eigenvalue weighted by molar-refractivity contribution is 5.78. The Morgan fingerprint density at radius 2 is 2.00 bits per heavy atom. The fourth-order valence-corrected chi connectivity index (χ4v) is 3.89. The van der Waals surface area contributed by atoms with Gasteiger partial charge in [-0.3, -0.25) is 4.79 Å². The van der Waals surface area contributed by atoms with Gasteiger partial charge >= 0.3 is 0 Å². The van der Waals surface area contributed by atoms with Crippen molar-refractivity contribution >= 4 is 16.9 Å². The van der Waals surface area contributed by atoms with E-state index in [4.69, 9.17) is 0 Å². The van der Waals surface area contributed by atoms with E-state index in [9.17, 15) is 4.79 Å². The topological polar surface area (TPSA) is 38.1 Å². The zero-order valence-corrected chi connectivity index (χ0v) is 14.6. The lowest BCUT2D eigenvalue weighted by Gasteiger charge is -2.33. The molecule has 4 nitrogen and oxygen atoms in total. The van der Waals surface area contributed by atoms with Crippen molar-refractivity contribution in [1.29, 1.82) is 0 Å². The number of aromatic nitrogens is 2. The predicted octanol–water partition coefficient (Wildman–Crippen LogP) is 3.96. The molecule has 1 amide bonds. The summed E-state index contributed by atoms with van der Waals surface area (Å²) in [6.45, 7) is 0.665. The molecule has 1 aromatic heterocycles. The Kier molecular flexibility index (Phi) is 4.26. The molecular weight excluding hydrogens is 310 g/mol. The van der Waals surface area contributed by atoms with Crippen molar-refractivity contribution < 1.29 is 4.79 Å². The molecule has 4 rings (SSSR count). The van der Waals surface area contributed by atoms with Crippen LogP contribution in [0.1, 0.15) is 36.4 Å². The van der Waals surface area contributed by atoms with Crippen molar-refractivity contribution in [3.63, 3.8) is 0 Å². The fourth-order valence-electron chi connectivity index (χ4n) is 3.89. The number of rotatable bonds is 4. The van der Waals surface area contributed by atoms with Crippen LogP contribution in [-0.4, -0.2) is 27.4 Å². The minimum absolute atomic E-state index is 0.194. The number of hydrogen-bond acceptors (Lipinski definition) is 2. The minimum Gasteiger partial charge on any atom is -0.339 e. The average molecular weight is 333 g/mol. The highest BCUT2D eigenvalue weighted by Gasteiger charge is 2.26. The first-order valence-electron chi connectivity index (χ1n) is 8.97. The Labute approximate surface area is 148 Å². The summed E-state index contributed by atoms with van der Waals surface area (Å²) in [5.41, 5.74) is 4.77. The van der Waals surface area contributed by atoms with Gasteiger partial charge in [0, 0.05) is 20.0 Å². The van der Waals surface area contributed by atoms with Gasteiger partial charge in [0.1, 0.15) is 0 Å². The van der Waals surface area contributed by atoms with Crippen molar-refractivity contribution in [3.05, 3.63) is 66.0 Å². The summed E-state index contributed by atoms with van der Waals surface area (Å²) in [6, 6.07) is 16.8. The van der Waals surface area contributed by atoms with E-state index in [1.807, 2.05) is 42.5 Å². The molecule has 1 aliphatic carbocycles. The number of amides is 1. The van der Waals surface area contributed by atoms with Gasteiger partial charge in [-0.15, -0.1) is 0 Å². The molecule has 0 radical (unpaired) electrons. The van der Waals surface area contributed by atoms with Crippen LogP contribution >= 0.6 is 0 Å². The van der Waals surface area contributed by atoms with Crippen molar-refractivity contribution in [2.24, 2.45) is 0 Å². The number of fused-ring (bicyclic) bond motifs is 2. The molecule has 4 heteroatoms. The third kappa shape index (κ3) is 3.04. The quantitative estimate of drug-likeness (QED) is 0.725. The molecule has 1 aliphatic rings. The van der Waals surface area contributed by atoms with Crippen LogP contribution in [0.5, 0.6) is 0 Å². The van der Waals surface area contributed by atoms with Crippen molar-refractivity contribution in [2.75, 3.05) is 7.05 Å². The molecule has 3 aromatic rings. The van der Waals surface area contributed by atoms with Gasteiger partial charge in [0.05, 0.1) is 23.4 Å². The average Bonchev–Trinajstić information content (AvgIpc) is 3.08. The number of carbonyl (C=O) groups excluding carboxylic acids is 1. The summed E-state index contributed by atoms with van der Waals surface area (Å²) in [7, 11) is 1.95. The lowest BCUT2D eigenvalue weighted by Crippen LogP contribution is -2.33. The normalized spacial score (nSPS) is 16.6. The highest BCUT2D eigenvalue weighted by atomic mass is 16.2. The van der Waals surface area contributed by atoms with E-state index in [1.165, 1.54) is 11.1 Å². The molecule has 0 aliphatic heterocycles. The van der Waals surface area contributed by atoms with Gasteiger partial charge < -0.3 is 9.47 Å². The largest absolute Gasteiger partial charge is 0.339 e. The van der Waals surface area contributed by atoms with E-state index >= 15 is 0 Å². The summed E-state index contributed by atoms with van der Waals surface area (Å²) in [5.74, 6) is 0.194. The van der Waals surface area contributed by atoms with Crippen molar-refractivity contribution in [1.82, 2.24) is 14.5 Å². The van der Waals surface area contributed by atoms with Crippen molar-refractivity contribution in [3.8, 4) is 0 Å². The van der Waals surface area contributed by atoms with Gasteiger partial charge in [0.25, 0.3) is 0 Å². The van der Waals surface area contributed by atoms with Crippen LogP contribution in [0.3, 0.4) is 0 Å². The number of aryl methyl sites for hydroxylation is 2. The van der Waals surface area contributed by atoms with Crippen LogP contribution in [0.25, 0.3) is 11.0 Å². The molecule has 0 saturated heterocycles. The van der Waals surface area contributed by atoms with E-state index in [0.717, 1.165) is 30.3 Å². The molecule has 1 atom stereocenters. The number of para-hydroxylation sites is 2. The zero-order chi connectivity index (χ0) is 17.2. The zero-order valence-electron chi connectivity index (χ0n) is 14.6. The molecule has 0 saturated carbocycles. The summed E-state index contributed by atoms with van der Waals surface area (Å²) in [4.78, 5) is 19.1. The molecule has 2 aromatic carbocycles. The lowest BCUT2D eigenvalue weighted by atomic mass is 9.87. The third-order valence-corrected chi connectivity index (χ3v) is 5.29. The summed E-state index contributed by atoms with van der Waals surface area (Å²) in [5, 5.41) is 0. The van der Waals surface area contributed by atoms with E-state index in [0.29, 0.717) is 13.0 Å². The maximum atomic E-state index is 12.8. The molecule has 0 fully saturated rings. The minimum atomic E-state index is 0.194. The number of benzene rings is 2. The van der Waals surface area contributed by atoms with E-state index < -0.39 is 0 Å². The Bertz CT molecular complexity index is 899. The second-order valence-corrected chi connectivity index (χ2v) is 6.79. The lowest BCUT2D eigenvalue weighted by molar-refractivity contribution is -0.132. The van der Waals surface area contributed by atoms with Crippen LogP contribution < -0.4 is 0 Å². The van der Waals surface area contributed by atoms with Gasteiger partial charge in [-0.2, -0.15) is 0 Å². The second-order valence-electron chi connectivity index (χ2n) is 6.79. The first kappa shape index (κ1) is 15.9. The SMILES string of the molecule is CN(C(=O)CCn1cnc2ccccc21)[C@H]1CCCc2ccccc21. The van der Waals surface area contributed by atoms with Crippen LogP contribution in [0.2, 0.25) is 0 Å². The highest BCUT2D eigenvalue weighted by Crippen LogP contribution is 2.33. The van der Waals surface area contributed by atoms with Gasteiger partial charge in [-0.05, 0) is 42.5 Å². The maximum Gasteiger partial charge on any atom is 0.224 e. The van der Waals surface area contributed by atoms with Gasteiger partial charge in [0.2, 0.25) is 5.91 Å². The molecule has 0 spiro atoms. The molecule has 1 heterocycles. The Balaban J connectivity index is 1.46. The Morgan fingerprint density at radius 1 is 1.20 bits per heavy atom. The standard InChI is InChI=1S/C21H23N3O/c1-23(19-12-6-8-16-7-2-3-9-17(16)19)21(25)13-14-24-15-22-18-10-4-5-11-20(18)24/h2-5,7,9-11,15,19H,6,8,12-14H2,1H3/t19-/m0/s1. The number of imidazole rings is 1. The van der Waals surface area contributed by atoms with E-state index in [2.05, 4.69) is 33.8 Å². The monoisotopic (exact) mass is 333 g/mol. The first-order chi connectivity index (χ1) is 12.2. The first-order valence-corrected chi connectivity index (χ1v) is 8.97. The summed E-state index contributed by atoms with van der Waals surface area (Å²) < 4.78 is 2.07. The van der Waals surface area contributed by atoms with E-state index in [-0.39, 0.29) is 11.9 Å². The summed E-state index contributed by atoms with van der Waals surface area (Å²) >= 11 is 0. The predicted molar refractivity (Wildman–Crippen MR) is 99.2 cm³/mol. The Hall–Kier alpha value is -2.62. The number of nitrogens with zero attached hydrogens (tertiary/aromatic N) is 3. The molecule has 0 bridgehead atoms. The molecular formula is C21H23N3O. The van der Waals surface area contributed by atoms with Crippen molar-refractivity contribution in [2.45, 2.75) is 38.3 Å².